The summed E-state index contributed by atoms with van der Waals surface area (Å²) in [5, 5.41) is 41.6. The van der Waals surface area contributed by atoms with Crippen molar-refractivity contribution in [2.24, 2.45) is 0 Å². The van der Waals surface area contributed by atoms with E-state index >= 15 is 0 Å². The van der Waals surface area contributed by atoms with E-state index in [1.807, 2.05) is 30.3 Å². The van der Waals surface area contributed by atoms with E-state index in [1.54, 1.807) is 42.5 Å². The first-order valence-corrected chi connectivity index (χ1v) is 10.9. The van der Waals surface area contributed by atoms with Crippen molar-refractivity contribution in [1.82, 2.24) is 0 Å². The third-order valence-corrected chi connectivity index (χ3v) is 6.09. The van der Waals surface area contributed by atoms with Crippen LogP contribution in [0.25, 0.3) is 11.1 Å². The number of aryl methyl sites for hydroxylation is 4. The molecule has 4 aliphatic rings. The highest BCUT2D eigenvalue weighted by molar-refractivity contribution is 5.74. The lowest BCUT2D eigenvalue weighted by Crippen LogP contribution is -1.97. The summed E-state index contributed by atoms with van der Waals surface area (Å²) in [6.45, 7) is 0. The molecule has 5 nitrogen and oxygen atoms in total. The van der Waals surface area contributed by atoms with Gasteiger partial charge in [0.25, 0.3) is 0 Å². The Kier molecular flexibility index (Phi) is 5.31. The normalized spacial score (nSPS) is 13.1. The third-order valence-electron chi connectivity index (χ3n) is 6.09. The number of ether oxygens (including phenoxy) is 1. The van der Waals surface area contributed by atoms with Crippen molar-refractivity contribution in [3.8, 4) is 45.6 Å². The van der Waals surface area contributed by atoms with Crippen LogP contribution in [-0.4, -0.2) is 20.4 Å². The van der Waals surface area contributed by atoms with E-state index in [4.69, 9.17) is 4.74 Å². The number of rotatable bonds is 0. The standard InChI is InChI=1S/C28H24O5/c29-21-8-10-22-20(16-21)7-3-18-6-12-27(26(32)14-18)33-28-15-19(5-11-24(28)30)2-1-17-4-9-23(22)25(31)13-17/h4-6,8-16,29-32H,1-3,7H2. The average Bonchev–Trinajstić information content (AvgIpc) is 2.80. The van der Waals surface area contributed by atoms with Gasteiger partial charge in [-0.2, -0.15) is 0 Å². The number of benzene rings is 4. The van der Waals surface area contributed by atoms with Crippen LogP contribution < -0.4 is 4.74 Å². The van der Waals surface area contributed by atoms with Gasteiger partial charge in [0.05, 0.1) is 0 Å². The van der Waals surface area contributed by atoms with Gasteiger partial charge >= 0.3 is 0 Å². The third kappa shape index (κ3) is 4.30. The van der Waals surface area contributed by atoms with Crippen molar-refractivity contribution in [2.75, 3.05) is 0 Å². The maximum Gasteiger partial charge on any atom is 0.169 e. The zero-order chi connectivity index (χ0) is 22.9. The summed E-state index contributed by atoms with van der Waals surface area (Å²) in [4.78, 5) is 0. The van der Waals surface area contributed by atoms with Gasteiger partial charge in [0.1, 0.15) is 11.5 Å². The highest BCUT2D eigenvalue weighted by Gasteiger charge is 2.14. The van der Waals surface area contributed by atoms with Crippen molar-refractivity contribution in [3.05, 3.63) is 95.1 Å². The second-order valence-corrected chi connectivity index (χ2v) is 8.40. The molecule has 6 bridgehead atoms. The smallest absolute Gasteiger partial charge is 0.169 e. The minimum Gasteiger partial charge on any atom is -0.508 e. The Hall–Kier alpha value is -4.12. The van der Waals surface area contributed by atoms with Crippen LogP contribution in [0.1, 0.15) is 22.3 Å². The van der Waals surface area contributed by atoms with Crippen LogP contribution in [0.3, 0.4) is 0 Å². The second kappa shape index (κ2) is 8.43. The summed E-state index contributed by atoms with van der Waals surface area (Å²) < 4.78 is 5.82. The molecular formula is C28H24O5. The van der Waals surface area contributed by atoms with Crippen molar-refractivity contribution in [3.63, 3.8) is 0 Å². The van der Waals surface area contributed by atoms with E-state index in [0.29, 0.717) is 31.2 Å². The van der Waals surface area contributed by atoms with Gasteiger partial charge in [-0.25, -0.2) is 0 Å². The van der Waals surface area contributed by atoms with Crippen LogP contribution in [0.2, 0.25) is 0 Å². The SMILES string of the molecule is Oc1ccc2c(c1)CCc1ccc(c(O)c1)Oc1cc(ccc1O)CCc1ccc-2c(O)c1. The van der Waals surface area contributed by atoms with Gasteiger partial charge in [-0.3, -0.25) is 0 Å². The molecule has 0 spiro atoms. The first kappa shape index (κ1) is 20.8. The molecule has 5 heteroatoms. The number of hydrogen-bond acceptors (Lipinski definition) is 5. The van der Waals surface area contributed by atoms with Gasteiger partial charge in [0.2, 0.25) is 0 Å². The molecule has 4 N–H and O–H groups in total. The fraction of sp³-hybridized carbons (Fsp3) is 0.143. The Labute approximate surface area is 191 Å². The Morgan fingerprint density at radius 1 is 0.485 bits per heavy atom. The van der Waals surface area contributed by atoms with Crippen LogP contribution >= 0.6 is 0 Å². The fourth-order valence-electron chi connectivity index (χ4n) is 4.30. The zero-order valence-corrected chi connectivity index (χ0v) is 18.0. The number of hydrogen-bond donors (Lipinski definition) is 4. The summed E-state index contributed by atoms with van der Waals surface area (Å²) in [6.07, 6.45) is 2.60. The molecule has 8 rings (SSSR count). The Bertz CT molecular complexity index is 1340. The lowest BCUT2D eigenvalue weighted by Gasteiger charge is -2.15. The highest BCUT2D eigenvalue weighted by atomic mass is 16.5. The van der Waals surface area contributed by atoms with E-state index in [1.165, 1.54) is 0 Å². The molecule has 0 saturated carbocycles. The zero-order valence-electron chi connectivity index (χ0n) is 18.0. The van der Waals surface area contributed by atoms with Gasteiger partial charge in [0, 0.05) is 5.56 Å². The molecule has 33 heavy (non-hydrogen) atoms. The van der Waals surface area contributed by atoms with Gasteiger partial charge in [-0.05, 0) is 96.0 Å². The summed E-state index contributed by atoms with van der Waals surface area (Å²) in [5.41, 5.74) is 5.33. The minimum absolute atomic E-state index is 0.00459. The van der Waals surface area contributed by atoms with Crippen LogP contribution in [0.15, 0.2) is 72.8 Å². The van der Waals surface area contributed by atoms with E-state index < -0.39 is 0 Å². The monoisotopic (exact) mass is 440 g/mol. The van der Waals surface area contributed by atoms with Crippen LogP contribution in [0, 0.1) is 0 Å². The van der Waals surface area contributed by atoms with Crippen molar-refractivity contribution < 1.29 is 25.2 Å². The molecule has 0 unspecified atom stereocenters. The van der Waals surface area contributed by atoms with Crippen LogP contribution in [0.5, 0.6) is 34.5 Å². The summed E-state index contributed by atoms with van der Waals surface area (Å²) in [7, 11) is 0. The summed E-state index contributed by atoms with van der Waals surface area (Å²) in [5.74, 6) is 0.887. The van der Waals surface area contributed by atoms with Gasteiger partial charge in [-0.1, -0.05) is 30.3 Å². The van der Waals surface area contributed by atoms with E-state index in [2.05, 4.69) is 0 Å². The van der Waals surface area contributed by atoms with Gasteiger partial charge in [-0.15, -0.1) is 0 Å². The molecule has 0 radical (unpaired) electrons. The Balaban J connectivity index is 1.61. The lowest BCUT2D eigenvalue weighted by molar-refractivity contribution is 0.384. The first-order valence-electron chi connectivity index (χ1n) is 10.9. The molecule has 0 aliphatic carbocycles. The molecule has 4 heterocycles. The molecule has 166 valence electrons. The summed E-state index contributed by atoms with van der Waals surface area (Å²) >= 11 is 0. The summed E-state index contributed by atoms with van der Waals surface area (Å²) in [6, 6.07) is 21.2. The lowest BCUT2D eigenvalue weighted by atomic mass is 9.93. The average molecular weight is 440 g/mol. The Morgan fingerprint density at radius 2 is 1.12 bits per heavy atom. The van der Waals surface area contributed by atoms with E-state index in [0.717, 1.165) is 27.8 Å². The first-order chi connectivity index (χ1) is 16.0. The molecule has 0 aromatic heterocycles. The van der Waals surface area contributed by atoms with Crippen molar-refractivity contribution in [1.29, 1.82) is 0 Å². The van der Waals surface area contributed by atoms with Crippen LogP contribution in [-0.2, 0) is 25.7 Å². The molecule has 0 amide bonds. The molecule has 0 saturated heterocycles. The molecule has 4 aromatic rings. The minimum atomic E-state index is -0.0120. The predicted octanol–water partition coefficient (Wildman–Crippen LogP) is 5.85. The quantitative estimate of drug-likeness (QED) is 0.275. The molecular weight excluding hydrogens is 416 g/mol. The molecule has 4 aromatic carbocycles. The van der Waals surface area contributed by atoms with Gasteiger partial charge < -0.3 is 25.2 Å². The highest BCUT2D eigenvalue weighted by Crippen LogP contribution is 2.38. The molecule has 4 aliphatic heterocycles. The topological polar surface area (TPSA) is 90.2 Å². The molecule has 0 atom stereocenters. The largest absolute Gasteiger partial charge is 0.508 e. The Morgan fingerprint density at radius 3 is 1.88 bits per heavy atom. The van der Waals surface area contributed by atoms with Crippen LogP contribution in [0.4, 0.5) is 0 Å². The maximum atomic E-state index is 10.8. The number of phenols is 4. The second-order valence-electron chi connectivity index (χ2n) is 8.40. The number of phenolic OH excluding ortho intramolecular Hbond substituents is 4. The molecule has 0 fully saturated rings. The maximum absolute atomic E-state index is 10.8. The fourth-order valence-corrected chi connectivity index (χ4v) is 4.30. The van der Waals surface area contributed by atoms with Crippen molar-refractivity contribution in [2.45, 2.75) is 25.7 Å². The predicted molar refractivity (Wildman–Crippen MR) is 126 cm³/mol. The van der Waals surface area contributed by atoms with Crippen molar-refractivity contribution >= 4 is 0 Å². The van der Waals surface area contributed by atoms with E-state index in [-0.39, 0.29) is 34.5 Å². The van der Waals surface area contributed by atoms with E-state index in [9.17, 15) is 20.4 Å². The number of aromatic hydroxyl groups is 4. The van der Waals surface area contributed by atoms with Gasteiger partial charge in [0.15, 0.2) is 23.0 Å².